The number of rotatable bonds is 8. The molecule has 0 aliphatic rings. The maximum Gasteiger partial charge on any atom is 0.0794 e. The predicted molar refractivity (Wildman–Crippen MR) is 71.5 cm³/mol. The summed E-state index contributed by atoms with van der Waals surface area (Å²) in [5, 5.41) is 21.0. The van der Waals surface area contributed by atoms with Gasteiger partial charge in [-0.15, -0.1) is 11.3 Å². The highest BCUT2D eigenvalue weighted by Crippen LogP contribution is 2.25. The Balaban J connectivity index is 1.78. The van der Waals surface area contributed by atoms with Gasteiger partial charge in [0.1, 0.15) is 0 Å². The molecule has 2 aromatic rings. The molecule has 0 saturated heterocycles. The highest BCUT2D eigenvalue weighted by Gasteiger charge is 2.07. The Hall–Kier alpha value is -1.21. The van der Waals surface area contributed by atoms with Gasteiger partial charge in [-0.1, -0.05) is 6.07 Å². The van der Waals surface area contributed by atoms with E-state index in [0.717, 1.165) is 24.3 Å². The Kier molecular flexibility index (Phi) is 5.35. The molecule has 6 heteroatoms. The van der Waals surface area contributed by atoms with Crippen molar-refractivity contribution in [1.82, 2.24) is 15.5 Å². The lowest BCUT2D eigenvalue weighted by molar-refractivity contribution is 0.0938. The van der Waals surface area contributed by atoms with Crippen LogP contribution in [0.2, 0.25) is 0 Å². The van der Waals surface area contributed by atoms with E-state index in [9.17, 15) is 0 Å². The molecule has 18 heavy (non-hydrogen) atoms. The van der Waals surface area contributed by atoms with Gasteiger partial charge in [0.15, 0.2) is 0 Å². The molecule has 0 spiro atoms. The lowest BCUT2D eigenvalue weighted by Gasteiger charge is -2.05. The number of hydrogen-bond donors (Lipinski definition) is 3. The summed E-state index contributed by atoms with van der Waals surface area (Å²) in [6.45, 7) is 2.59. The molecule has 0 bridgehead atoms. The first-order chi connectivity index (χ1) is 8.92. The SMILES string of the molecule is OCCOCCNCc1cn[nH]c1-c1cccs1. The molecular formula is C12H17N3O2S. The van der Waals surface area contributed by atoms with Crippen molar-refractivity contribution in [3.63, 3.8) is 0 Å². The van der Waals surface area contributed by atoms with E-state index >= 15 is 0 Å². The Labute approximate surface area is 110 Å². The number of thiophene rings is 1. The van der Waals surface area contributed by atoms with E-state index in [4.69, 9.17) is 9.84 Å². The Morgan fingerprint density at radius 1 is 1.44 bits per heavy atom. The lowest BCUT2D eigenvalue weighted by atomic mass is 10.2. The van der Waals surface area contributed by atoms with Crippen molar-refractivity contribution >= 4 is 11.3 Å². The van der Waals surface area contributed by atoms with Gasteiger partial charge in [0.05, 0.1) is 36.6 Å². The summed E-state index contributed by atoms with van der Waals surface area (Å²) < 4.78 is 5.17. The van der Waals surface area contributed by atoms with E-state index in [1.54, 1.807) is 11.3 Å². The minimum Gasteiger partial charge on any atom is -0.394 e. The topological polar surface area (TPSA) is 70.2 Å². The zero-order valence-corrected chi connectivity index (χ0v) is 10.9. The molecule has 0 saturated carbocycles. The standard InChI is InChI=1S/C12H17N3O2S/c16-4-6-17-5-3-13-8-10-9-14-15-12(10)11-2-1-7-18-11/h1-2,7,9,13,16H,3-6,8H2,(H,14,15). The van der Waals surface area contributed by atoms with Crippen LogP contribution in [-0.2, 0) is 11.3 Å². The van der Waals surface area contributed by atoms with Crippen molar-refractivity contribution in [3.8, 4) is 10.6 Å². The maximum absolute atomic E-state index is 8.56. The number of nitrogens with one attached hydrogen (secondary N) is 2. The lowest BCUT2D eigenvalue weighted by Crippen LogP contribution is -2.20. The van der Waals surface area contributed by atoms with Crippen LogP contribution < -0.4 is 5.32 Å². The third kappa shape index (κ3) is 3.64. The van der Waals surface area contributed by atoms with Crippen LogP contribution in [-0.4, -0.2) is 41.7 Å². The van der Waals surface area contributed by atoms with E-state index in [0.29, 0.717) is 13.2 Å². The van der Waals surface area contributed by atoms with Gasteiger partial charge in [-0.3, -0.25) is 5.10 Å². The minimum atomic E-state index is 0.0737. The van der Waals surface area contributed by atoms with E-state index < -0.39 is 0 Å². The van der Waals surface area contributed by atoms with E-state index in [1.165, 1.54) is 4.88 Å². The minimum absolute atomic E-state index is 0.0737. The number of aromatic nitrogens is 2. The zero-order valence-electron chi connectivity index (χ0n) is 10.1. The van der Waals surface area contributed by atoms with Crippen LogP contribution in [0.5, 0.6) is 0 Å². The molecule has 0 unspecified atom stereocenters. The molecular weight excluding hydrogens is 250 g/mol. The van der Waals surface area contributed by atoms with Crippen LogP contribution in [0.1, 0.15) is 5.56 Å². The van der Waals surface area contributed by atoms with E-state index in [2.05, 4.69) is 27.0 Å². The quantitative estimate of drug-likeness (QED) is 0.629. The number of aliphatic hydroxyl groups excluding tert-OH is 1. The highest BCUT2D eigenvalue weighted by atomic mass is 32.1. The first-order valence-electron chi connectivity index (χ1n) is 5.87. The van der Waals surface area contributed by atoms with Crippen molar-refractivity contribution in [2.45, 2.75) is 6.54 Å². The van der Waals surface area contributed by atoms with Gasteiger partial charge >= 0.3 is 0 Å². The number of aromatic amines is 1. The van der Waals surface area contributed by atoms with Crippen molar-refractivity contribution in [2.75, 3.05) is 26.4 Å². The molecule has 2 aromatic heterocycles. The molecule has 5 nitrogen and oxygen atoms in total. The number of nitrogens with zero attached hydrogens (tertiary/aromatic N) is 1. The van der Waals surface area contributed by atoms with Crippen LogP contribution in [0, 0.1) is 0 Å². The average Bonchev–Trinajstić information content (AvgIpc) is 3.03. The third-order valence-corrected chi connectivity index (χ3v) is 3.35. The third-order valence-electron chi connectivity index (χ3n) is 2.46. The molecule has 2 rings (SSSR count). The van der Waals surface area contributed by atoms with Crippen molar-refractivity contribution < 1.29 is 9.84 Å². The fourth-order valence-electron chi connectivity index (χ4n) is 1.61. The van der Waals surface area contributed by atoms with Crippen LogP contribution >= 0.6 is 11.3 Å². The summed E-state index contributed by atoms with van der Waals surface area (Å²) in [6.07, 6.45) is 1.84. The fourth-order valence-corrected chi connectivity index (χ4v) is 2.37. The van der Waals surface area contributed by atoms with Gasteiger partial charge in [-0.2, -0.15) is 5.10 Å². The molecule has 0 fully saturated rings. The van der Waals surface area contributed by atoms with Gasteiger partial charge in [0.25, 0.3) is 0 Å². The van der Waals surface area contributed by atoms with Gasteiger partial charge < -0.3 is 15.2 Å². The number of hydrogen-bond acceptors (Lipinski definition) is 5. The van der Waals surface area contributed by atoms with Crippen LogP contribution in [0.15, 0.2) is 23.7 Å². The van der Waals surface area contributed by atoms with Gasteiger partial charge in [0.2, 0.25) is 0 Å². The summed E-state index contributed by atoms with van der Waals surface area (Å²) in [4.78, 5) is 1.20. The first-order valence-corrected chi connectivity index (χ1v) is 6.75. The van der Waals surface area contributed by atoms with Crippen molar-refractivity contribution in [3.05, 3.63) is 29.3 Å². The second-order valence-electron chi connectivity index (χ2n) is 3.76. The van der Waals surface area contributed by atoms with Crippen molar-refractivity contribution in [1.29, 1.82) is 0 Å². The molecule has 2 heterocycles. The fraction of sp³-hybridized carbons (Fsp3) is 0.417. The molecule has 0 aliphatic carbocycles. The zero-order chi connectivity index (χ0) is 12.6. The van der Waals surface area contributed by atoms with Gasteiger partial charge in [-0.25, -0.2) is 0 Å². The molecule has 0 aromatic carbocycles. The molecule has 0 radical (unpaired) electrons. The Morgan fingerprint density at radius 2 is 2.39 bits per heavy atom. The van der Waals surface area contributed by atoms with E-state index in [1.807, 2.05) is 12.3 Å². The van der Waals surface area contributed by atoms with Gasteiger partial charge in [-0.05, 0) is 11.4 Å². The smallest absolute Gasteiger partial charge is 0.0794 e. The molecule has 0 atom stereocenters. The molecule has 3 N–H and O–H groups in total. The summed E-state index contributed by atoms with van der Waals surface area (Å²) >= 11 is 1.69. The number of aliphatic hydroxyl groups is 1. The monoisotopic (exact) mass is 267 g/mol. The van der Waals surface area contributed by atoms with Crippen molar-refractivity contribution in [2.24, 2.45) is 0 Å². The number of ether oxygens (including phenoxy) is 1. The highest BCUT2D eigenvalue weighted by molar-refractivity contribution is 7.13. The molecule has 98 valence electrons. The second kappa shape index (κ2) is 7.27. The number of H-pyrrole nitrogens is 1. The largest absolute Gasteiger partial charge is 0.394 e. The maximum atomic E-state index is 8.56. The first kappa shape index (κ1) is 13.2. The Bertz CT molecular complexity index is 442. The van der Waals surface area contributed by atoms with Gasteiger partial charge in [0, 0.05) is 18.7 Å². The summed E-state index contributed by atoms with van der Waals surface area (Å²) in [5.41, 5.74) is 2.23. The molecule has 0 amide bonds. The predicted octanol–water partition coefficient (Wildman–Crippen LogP) is 1.24. The average molecular weight is 267 g/mol. The van der Waals surface area contributed by atoms with Crippen LogP contribution in [0.4, 0.5) is 0 Å². The normalized spacial score (nSPS) is 10.9. The summed E-state index contributed by atoms with van der Waals surface area (Å²) in [7, 11) is 0. The Morgan fingerprint density at radius 3 is 3.17 bits per heavy atom. The van der Waals surface area contributed by atoms with Crippen LogP contribution in [0.3, 0.4) is 0 Å². The second-order valence-corrected chi connectivity index (χ2v) is 4.71. The van der Waals surface area contributed by atoms with E-state index in [-0.39, 0.29) is 6.61 Å². The summed E-state index contributed by atoms with van der Waals surface area (Å²) in [5.74, 6) is 0. The molecule has 0 aliphatic heterocycles. The van der Waals surface area contributed by atoms with Crippen LogP contribution in [0.25, 0.3) is 10.6 Å². The summed E-state index contributed by atoms with van der Waals surface area (Å²) in [6, 6.07) is 4.10.